The highest BCUT2D eigenvalue weighted by atomic mass is 19.1. The molecule has 1 aromatic carbocycles. The van der Waals surface area contributed by atoms with Gasteiger partial charge in [0.1, 0.15) is 5.82 Å². The summed E-state index contributed by atoms with van der Waals surface area (Å²) in [6.45, 7) is 0. The monoisotopic (exact) mass is 260 g/mol. The molecule has 0 spiro atoms. The summed E-state index contributed by atoms with van der Waals surface area (Å²) in [6, 6.07) is 5.72. The van der Waals surface area contributed by atoms with Gasteiger partial charge in [-0.05, 0) is 61.8 Å². The van der Waals surface area contributed by atoms with Crippen molar-refractivity contribution in [2.24, 2.45) is 11.1 Å². The van der Waals surface area contributed by atoms with Crippen molar-refractivity contribution in [3.63, 3.8) is 0 Å². The molecule has 0 aliphatic heterocycles. The maximum absolute atomic E-state index is 12.9. The summed E-state index contributed by atoms with van der Waals surface area (Å²) < 4.78 is 12.9. The lowest BCUT2D eigenvalue weighted by Crippen LogP contribution is -2.78. The minimum atomic E-state index is -0.317. The normalized spacial score (nSPS) is 36.9. The highest BCUT2D eigenvalue weighted by Crippen LogP contribution is 2.75. The Balaban J connectivity index is 1.50. The molecule has 4 heteroatoms. The molecule has 4 aliphatic carbocycles. The summed E-state index contributed by atoms with van der Waals surface area (Å²) in [5, 5.41) is 3.18. The Kier molecular flexibility index (Phi) is 1.91. The number of hydrogen-bond acceptors (Lipinski definition) is 2. The SMILES string of the molecule is NC12CC(C3(NC(=O)c4ccc(F)cc4)CC3)(C1)C2. The zero-order chi connectivity index (χ0) is 13.3. The Morgan fingerprint density at radius 1 is 1.16 bits per heavy atom. The summed E-state index contributed by atoms with van der Waals surface area (Å²) in [5.41, 5.74) is 6.93. The molecule has 1 aromatic rings. The highest BCUT2D eigenvalue weighted by Gasteiger charge is 2.77. The van der Waals surface area contributed by atoms with Crippen LogP contribution in [-0.4, -0.2) is 17.0 Å². The average molecular weight is 260 g/mol. The third-order valence-corrected chi connectivity index (χ3v) is 5.30. The van der Waals surface area contributed by atoms with Gasteiger partial charge in [-0.15, -0.1) is 0 Å². The molecule has 1 amide bonds. The lowest BCUT2D eigenvalue weighted by molar-refractivity contribution is -0.161. The molecule has 0 unspecified atom stereocenters. The molecule has 0 aromatic heterocycles. The first-order chi connectivity index (χ1) is 8.96. The van der Waals surface area contributed by atoms with Gasteiger partial charge in [0.2, 0.25) is 0 Å². The van der Waals surface area contributed by atoms with E-state index in [-0.39, 0.29) is 28.2 Å². The van der Waals surface area contributed by atoms with Crippen LogP contribution in [0.1, 0.15) is 42.5 Å². The van der Waals surface area contributed by atoms with E-state index >= 15 is 0 Å². The molecule has 5 rings (SSSR count). The van der Waals surface area contributed by atoms with Crippen LogP contribution in [0.3, 0.4) is 0 Å². The van der Waals surface area contributed by atoms with E-state index in [1.165, 1.54) is 24.3 Å². The Hall–Kier alpha value is -1.42. The van der Waals surface area contributed by atoms with Crippen molar-refractivity contribution in [3.8, 4) is 0 Å². The molecule has 0 heterocycles. The molecule has 0 atom stereocenters. The molecule has 2 bridgehead atoms. The summed E-state index contributed by atoms with van der Waals surface area (Å²) in [4.78, 5) is 12.2. The molecule has 4 aliphatic rings. The molecule has 3 N–H and O–H groups in total. The van der Waals surface area contributed by atoms with Crippen molar-refractivity contribution in [3.05, 3.63) is 35.6 Å². The third kappa shape index (κ3) is 1.43. The number of halogens is 1. The minimum Gasteiger partial charge on any atom is -0.346 e. The Morgan fingerprint density at radius 2 is 1.74 bits per heavy atom. The van der Waals surface area contributed by atoms with Crippen molar-refractivity contribution in [1.82, 2.24) is 5.32 Å². The number of nitrogens with one attached hydrogen (secondary N) is 1. The summed E-state index contributed by atoms with van der Waals surface area (Å²) in [5.74, 6) is -0.407. The molecule has 0 saturated heterocycles. The van der Waals surface area contributed by atoms with E-state index < -0.39 is 0 Å². The molecular weight excluding hydrogens is 243 g/mol. The smallest absolute Gasteiger partial charge is 0.251 e. The van der Waals surface area contributed by atoms with Crippen LogP contribution in [0, 0.1) is 11.2 Å². The van der Waals surface area contributed by atoms with Gasteiger partial charge < -0.3 is 11.1 Å². The van der Waals surface area contributed by atoms with Crippen molar-refractivity contribution < 1.29 is 9.18 Å². The molecule has 4 saturated carbocycles. The van der Waals surface area contributed by atoms with Gasteiger partial charge in [-0.25, -0.2) is 4.39 Å². The second-order valence-electron chi connectivity index (χ2n) is 6.72. The lowest BCUT2D eigenvalue weighted by atomic mass is 9.36. The van der Waals surface area contributed by atoms with Crippen LogP contribution in [0.5, 0.6) is 0 Å². The zero-order valence-corrected chi connectivity index (χ0v) is 10.7. The second kappa shape index (κ2) is 3.18. The van der Waals surface area contributed by atoms with Crippen LogP contribution < -0.4 is 11.1 Å². The first-order valence-electron chi connectivity index (χ1n) is 6.83. The molecular formula is C15H17FN2O. The summed E-state index contributed by atoms with van der Waals surface area (Å²) >= 11 is 0. The third-order valence-electron chi connectivity index (χ3n) is 5.30. The minimum absolute atomic E-state index is 0.0282. The first kappa shape index (κ1) is 11.4. The molecule has 0 radical (unpaired) electrons. The number of hydrogen-bond donors (Lipinski definition) is 2. The number of amides is 1. The van der Waals surface area contributed by atoms with Crippen molar-refractivity contribution in [2.75, 3.05) is 0 Å². The van der Waals surface area contributed by atoms with E-state index in [1.807, 2.05) is 0 Å². The van der Waals surface area contributed by atoms with Crippen LogP contribution in [-0.2, 0) is 0 Å². The Morgan fingerprint density at radius 3 is 2.21 bits per heavy atom. The van der Waals surface area contributed by atoms with Gasteiger partial charge in [0.25, 0.3) is 5.91 Å². The van der Waals surface area contributed by atoms with Gasteiger partial charge >= 0.3 is 0 Å². The topological polar surface area (TPSA) is 55.1 Å². The molecule has 3 nitrogen and oxygen atoms in total. The van der Waals surface area contributed by atoms with E-state index in [4.69, 9.17) is 5.73 Å². The first-order valence-corrected chi connectivity index (χ1v) is 6.83. The number of carbonyl (C=O) groups excluding carboxylic acids is 1. The largest absolute Gasteiger partial charge is 0.346 e. The van der Waals surface area contributed by atoms with Gasteiger partial charge in [-0.2, -0.15) is 0 Å². The van der Waals surface area contributed by atoms with Gasteiger partial charge in [0, 0.05) is 16.6 Å². The van der Waals surface area contributed by atoms with Gasteiger partial charge in [-0.3, -0.25) is 4.79 Å². The Bertz CT molecular complexity index is 542. The van der Waals surface area contributed by atoms with E-state index in [9.17, 15) is 9.18 Å². The maximum atomic E-state index is 12.9. The number of rotatable bonds is 3. The highest BCUT2D eigenvalue weighted by molar-refractivity contribution is 5.95. The van der Waals surface area contributed by atoms with Gasteiger partial charge in [0.15, 0.2) is 0 Å². The van der Waals surface area contributed by atoms with Crippen LogP contribution in [0.4, 0.5) is 4.39 Å². The molecule has 100 valence electrons. The fourth-order valence-corrected chi connectivity index (χ4v) is 4.18. The average Bonchev–Trinajstić information content (AvgIpc) is 3.05. The van der Waals surface area contributed by atoms with Crippen molar-refractivity contribution in [1.29, 1.82) is 0 Å². The quantitative estimate of drug-likeness (QED) is 0.873. The molecule has 4 fully saturated rings. The van der Waals surface area contributed by atoms with Crippen LogP contribution >= 0.6 is 0 Å². The number of benzene rings is 1. The van der Waals surface area contributed by atoms with E-state index in [2.05, 4.69) is 5.32 Å². The lowest BCUT2D eigenvalue weighted by Gasteiger charge is -2.72. The van der Waals surface area contributed by atoms with E-state index in [0.29, 0.717) is 5.56 Å². The fraction of sp³-hybridized carbons (Fsp3) is 0.533. The Labute approximate surface area is 111 Å². The molecule has 19 heavy (non-hydrogen) atoms. The maximum Gasteiger partial charge on any atom is 0.251 e. The predicted molar refractivity (Wildman–Crippen MR) is 69.0 cm³/mol. The predicted octanol–water partition coefficient (Wildman–Crippen LogP) is 1.97. The van der Waals surface area contributed by atoms with Crippen LogP contribution in [0.25, 0.3) is 0 Å². The van der Waals surface area contributed by atoms with Gasteiger partial charge in [0.05, 0.1) is 0 Å². The van der Waals surface area contributed by atoms with Crippen LogP contribution in [0.2, 0.25) is 0 Å². The zero-order valence-electron chi connectivity index (χ0n) is 10.7. The second-order valence-corrected chi connectivity index (χ2v) is 6.72. The fourth-order valence-electron chi connectivity index (χ4n) is 4.18. The van der Waals surface area contributed by atoms with E-state index in [0.717, 1.165) is 32.1 Å². The van der Waals surface area contributed by atoms with Gasteiger partial charge in [-0.1, -0.05) is 0 Å². The standard InChI is InChI=1S/C15H17FN2O/c16-11-3-1-10(2-4-11)12(19)18-15(5-6-15)13-7-14(17,8-13)9-13/h1-4H,5-9,17H2,(H,18,19). The van der Waals surface area contributed by atoms with Crippen LogP contribution in [0.15, 0.2) is 24.3 Å². The summed E-state index contributed by atoms with van der Waals surface area (Å²) in [6.07, 6.45) is 5.24. The van der Waals surface area contributed by atoms with Crippen molar-refractivity contribution >= 4 is 5.91 Å². The van der Waals surface area contributed by atoms with E-state index in [1.54, 1.807) is 0 Å². The number of carbonyl (C=O) groups is 1. The summed E-state index contributed by atoms with van der Waals surface area (Å²) in [7, 11) is 0. The van der Waals surface area contributed by atoms with Crippen molar-refractivity contribution in [2.45, 2.75) is 43.2 Å². The number of nitrogens with two attached hydrogens (primary N) is 1.